The molecule has 1 atom stereocenters. The second-order valence-corrected chi connectivity index (χ2v) is 37.7. The predicted molar refractivity (Wildman–Crippen MR) is 500 cm³/mol. The molecule has 0 aromatic heterocycles. The molecule has 25 nitrogen and oxygen atoms in total. The fraction of sp³-hybridized carbons (Fsp3) is 0.588. The number of aliphatic hydroxyl groups excluding tert-OH is 1. The summed E-state index contributed by atoms with van der Waals surface area (Å²) >= 11 is 0. The molecule has 0 bridgehead atoms. The first kappa shape index (κ1) is 125. The molecule has 0 aliphatic carbocycles. The van der Waals surface area contributed by atoms with Crippen LogP contribution >= 0.6 is 0 Å². The van der Waals surface area contributed by atoms with Crippen LogP contribution in [-0.2, 0) is 114 Å². The lowest BCUT2D eigenvalue weighted by Crippen LogP contribution is -2.43. The van der Waals surface area contributed by atoms with Gasteiger partial charge in [0.05, 0.1) is 17.4 Å². The predicted octanol–water partition coefficient (Wildman–Crippen LogP) is 19.8. The van der Waals surface area contributed by atoms with Crippen molar-refractivity contribution in [1.82, 2.24) is 0 Å². The number of esters is 8. The van der Waals surface area contributed by atoms with E-state index in [0.717, 1.165) is 75.0 Å². The molecule has 716 valence electrons. The van der Waals surface area contributed by atoms with E-state index in [9.17, 15) is 72.2 Å². The van der Waals surface area contributed by atoms with Gasteiger partial charge in [0.1, 0.15) is 94.6 Å². The minimum atomic E-state index is -1.15. The van der Waals surface area contributed by atoms with Crippen molar-refractivity contribution in [3.05, 3.63) is 177 Å². The first-order valence-corrected chi connectivity index (χ1v) is 43.1. The van der Waals surface area contributed by atoms with E-state index in [1.165, 1.54) is 36.5 Å². The van der Waals surface area contributed by atoms with Crippen LogP contribution in [0, 0.1) is 54.7 Å². The molecule has 25 heteroatoms. The number of Topliss-reactive ketones (excluding diaryl/α,β-unsaturated/α-hetero) is 2. The van der Waals surface area contributed by atoms with E-state index < -0.39 is 64.6 Å². The summed E-state index contributed by atoms with van der Waals surface area (Å²) in [5.41, 5.74) is -2.97. The highest BCUT2D eigenvalue weighted by Crippen LogP contribution is 2.40. The summed E-state index contributed by atoms with van der Waals surface area (Å²) in [7, 11) is 0. The standard InChI is InChI=1S/C22H32O7.C22H36O3.C20H32O3.C19H30O6.C19H28O6/c1-8-17(4)26-13-22(14-27-18(23)9-2,15-28-19(24)10-3)16-29-20(25)11-12-21(5,6)7;1-7-18(23)11-15-22(9-3,16-12-19(24)8-2)17-13-20(25)10-14-21(4,5)6;1-6-17(21)11-8-16(9-12-18(22)7-2)10-13-19(23)14-15-20(3,4)5;1-7-15(3)23-12-19(11-20,13-24-16(21)8-2)14-25-17(22)9-10-18(4,5)6;1-7-15(20)23-12-19(11-10-18(4,5)6,13-24-16(21)8-2)14-25-17(22)9-3/h8-10H,1-4,11-16H2,5-7H3;7-8H,1-2,9-17H2,3-6H3;6-7,16H,1-2,8-15H2,3-5H3;7-8,20H,1-3,9-14H2,4-6H3;7-9H,1-3,10-14H2,4-6H3. The Hall–Kier alpha value is -10.3. The highest BCUT2D eigenvalue weighted by atomic mass is 16.6. The lowest BCUT2D eigenvalue weighted by molar-refractivity contribution is -0.163. The Morgan fingerprint density at radius 2 is 0.488 bits per heavy atom. The van der Waals surface area contributed by atoms with Crippen LogP contribution in [-0.4, -0.2) is 160 Å². The third-order valence-corrected chi connectivity index (χ3v) is 19.8. The Morgan fingerprint density at radius 3 is 0.772 bits per heavy atom. The summed E-state index contributed by atoms with van der Waals surface area (Å²) in [4.78, 5) is 163. The van der Waals surface area contributed by atoms with Crippen LogP contribution in [0.2, 0.25) is 0 Å². The molecule has 1 unspecified atom stereocenters. The highest BCUT2D eigenvalue weighted by Gasteiger charge is 2.40. The van der Waals surface area contributed by atoms with Gasteiger partial charge in [0, 0.05) is 101 Å². The second-order valence-electron chi connectivity index (χ2n) is 37.7. The van der Waals surface area contributed by atoms with Crippen LogP contribution in [0.3, 0.4) is 0 Å². The monoisotopic (exact) mass is 1780 g/mol. The molecule has 0 aliphatic heterocycles. The number of rotatable bonds is 64. The smallest absolute Gasteiger partial charge is 0.330 e. The summed E-state index contributed by atoms with van der Waals surface area (Å²) in [6.45, 7) is 79.8. The largest absolute Gasteiger partial charge is 0.493 e. The van der Waals surface area contributed by atoms with Crippen molar-refractivity contribution in [2.24, 2.45) is 54.7 Å². The Kier molecular flexibility index (Phi) is 66.1. The van der Waals surface area contributed by atoms with E-state index in [0.29, 0.717) is 102 Å². The molecule has 0 saturated carbocycles. The third-order valence-electron chi connectivity index (χ3n) is 19.8. The SMILES string of the molecule is C=CC(=C)OCC(CO)(COC(=O)C=C)COC(=O)CCC(C)(C)C.C=CC(=C)OCC(COC(=O)C=C)(COC(=O)C=C)COC(=O)CCC(C)(C)C.C=CC(=O)CCC(CC)(CCC(=O)C=C)CCC(=O)CCC(C)(C)C.C=CC(=O)CCC(CCC(=O)C=C)CCC(=O)CCC(C)(C)C.C=CC(=O)OCC(CCC(C)(C)C)(COC(=O)C=C)COC(=O)C=C. The summed E-state index contributed by atoms with van der Waals surface area (Å²) in [6.07, 6.45) is 28.3. The molecule has 0 heterocycles. The van der Waals surface area contributed by atoms with Crippen molar-refractivity contribution in [2.75, 3.05) is 72.7 Å². The van der Waals surface area contributed by atoms with Crippen LogP contribution in [0.1, 0.15) is 258 Å². The molecule has 0 saturated heterocycles. The van der Waals surface area contributed by atoms with Crippen molar-refractivity contribution in [1.29, 1.82) is 0 Å². The fourth-order valence-corrected chi connectivity index (χ4v) is 10.6. The Balaban J connectivity index is -0.000000489. The van der Waals surface area contributed by atoms with Gasteiger partial charge in [-0.15, -0.1) is 0 Å². The van der Waals surface area contributed by atoms with Gasteiger partial charge in [-0.3, -0.25) is 38.4 Å². The molecule has 0 aromatic rings. The molecule has 0 fully saturated rings. The van der Waals surface area contributed by atoms with Crippen LogP contribution in [0.4, 0.5) is 0 Å². The lowest BCUT2D eigenvalue weighted by atomic mass is 9.72. The lowest BCUT2D eigenvalue weighted by Gasteiger charge is -2.34. The molecule has 0 radical (unpaired) electrons. The van der Waals surface area contributed by atoms with Crippen molar-refractivity contribution in [2.45, 2.75) is 258 Å². The van der Waals surface area contributed by atoms with E-state index in [1.54, 1.807) is 0 Å². The highest BCUT2D eigenvalue weighted by molar-refractivity contribution is 5.91. The van der Waals surface area contributed by atoms with Gasteiger partial charge in [0.2, 0.25) is 0 Å². The molecular weight excluding hydrogens is 1630 g/mol. The quantitative estimate of drug-likeness (QED) is 0.0194. The van der Waals surface area contributed by atoms with Gasteiger partial charge < -0.3 is 52.5 Å². The minimum Gasteiger partial charge on any atom is -0.493 e. The summed E-state index contributed by atoms with van der Waals surface area (Å²) in [5.74, 6) is -3.20. The number of aliphatic hydroxyl groups is 1. The number of ketones is 6. The molecule has 1 N–H and O–H groups in total. The van der Waals surface area contributed by atoms with Crippen molar-refractivity contribution >= 4 is 82.5 Å². The number of ether oxygens (including phenoxy) is 10. The number of allylic oxidation sites excluding steroid dienone is 6. The zero-order valence-electron chi connectivity index (χ0n) is 80.2. The van der Waals surface area contributed by atoms with Gasteiger partial charge in [-0.2, -0.15) is 0 Å². The topological polar surface area (TPSA) is 352 Å². The normalized spacial score (nSPS) is 11.7. The molecule has 0 amide bonds. The Morgan fingerprint density at radius 1 is 0.252 bits per heavy atom. The van der Waals surface area contributed by atoms with Crippen LogP contribution in [0.25, 0.3) is 0 Å². The number of hydrogen-bond donors (Lipinski definition) is 1. The van der Waals surface area contributed by atoms with Gasteiger partial charge in [0.25, 0.3) is 0 Å². The van der Waals surface area contributed by atoms with Crippen LogP contribution in [0.15, 0.2) is 177 Å². The van der Waals surface area contributed by atoms with E-state index in [-0.39, 0.29) is 164 Å². The Labute approximate surface area is 760 Å². The minimum absolute atomic E-state index is 0.0113. The van der Waals surface area contributed by atoms with Gasteiger partial charge in [-0.1, -0.05) is 209 Å². The van der Waals surface area contributed by atoms with Crippen molar-refractivity contribution < 1.29 is 120 Å². The summed E-state index contributed by atoms with van der Waals surface area (Å²) in [6, 6.07) is 0. The maximum absolute atomic E-state index is 12.3. The van der Waals surface area contributed by atoms with Gasteiger partial charge in [-0.25, -0.2) is 28.8 Å². The number of carbonyl (C=O) groups excluding carboxylic acids is 14. The third kappa shape index (κ3) is 72.4. The van der Waals surface area contributed by atoms with Crippen LogP contribution < -0.4 is 0 Å². The maximum Gasteiger partial charge on any atom is 0.330 e. The molecule has 0 aromatic carbocycles. The van der Waals surface area contributed by atoms with Crippen molar-refractivity contribution in [3.8, 4) is 0 Å². The van der Waals surface area contributed by atoms with Crippen LogP contribution in [0.5, 0.6) is 0 Å². The van der Waals surface area contributed by atoms with Gasteiger partial charge in [-0.05, 0) is 152 Å². The molecule has 127 heavy (non-hydrogen) atoms. The summed E-state index contributed by atoms with van der Waals surface area (Å²) < 4.78 is 52.3. The van der Waals surface area contributed by atoms with E-state index in [2.05, 4.69) is 161 Å². The van der Waals surface area contributed by atoms with Gasteiger partial charge in [0.15, 0.2) is 23.1 Å². The second kappa shape index (κ2) is 67.0. The zero-order valence-corrected chi connectivity index (χ0v) is 80.2. The molecule has 0 aliphatic rings. The van der Waals surface area contributed by atoms with Gasteiger partial charge >= 0.3 is 47.8 Å². The number of hydrogen-bond acceptors (Lipinski definition) is 25. The first-order valence-electron chi connectivity index (χ1n) is 43.1. The van der Waals surface area contributed by atoms with E-state index >= 15 is 0 Å². The molecular formula is C102H158O25. The van der Waals surface area contributed by atoms with E-state index in [4.69, 9.17) is 47.4 Å². The summed E-state index contributed by atoms with van der Waals surface area (Å²) in [5, 5.41) is 9.78. The Bertz CT molecular complexity index is 3330. The maximum atomic E-state index is 12.3. The molecule has 0 spiro atoms. The van der Waals surface area contributed by atoms with E-state index in [1.807, 2.05) is 41.5 Å². The average Bonchev–Trinajstić information content (AvgIpc) is 0.859. The average molecular weight is 1780 g/mol. The molecule has 0 rings (SSSR count). The fourth-order valence-electron chi connectivity index (χ4n) is 10.6. The van der Waals surface area contributed by atoms with Crippen molar-refractivity contribution in [3.63, 3.8) is 0 Å². The zero-order chi connectivity index (χ0) is 98.9. The number of carbonyl (C=O) groups is 14. The first-order chi connectivity index (χ1) is 58.9.